The van der Waals surface area contributed by atoms with Crippen molar-refractivity contribution in [3.63, 3.8) is 0 Å². The number of hydrogen-bond donors (Lipinski definition) is 1. The van der Waals surface area contributed by atoms with Gasteiger partial charge in [0, 0.05) is 29.2 Å². The van der Waals surface area contributed by atoms with Crippen molar-refractivity contribution in [2.24, 2.45) is 0 Å². The fraction of sp³-hybridized carbons (Fsp3) is 0.240. The van der Waals surface area contributed by atoms with E-state index in [4.69, 9.17) is 26.3 Å². The molecule has 6 rings (SSSR count). The zero-order chi connectivity index (χ0) is 26.4. The van der Waals surface area contributed by atoms with Crippen LogP contribution in [0, 0.1) is 0 Å². The van der Waals surface area contributed by atoms with Gasteiger partial charge in [-0.3, -0.25) is 4.98 Å². The largest absolute Gasteiger partial charge is 0.487 e. The van der Waals surface area contributed by atoms with E-state index in [-0.39, 0.29) is 6.10 Å². The predicted octanol–water partition coefficient (Wildman–Crippen LogP) is 5.95. The van der Waals surface area contributed by atoms with Crippen LogP contribution in [0.1, 0.15) is 18.2 Å². The molecule has 1 saturated heterocycles. The maximum Gasteiger partial charge on any atom is 0.416 e. The Balaban J connectivity index is 1.25. The van der Waals surface area contributed by atoms with Crippen molar-refractivity contribution in [3.8, 4) is 5.75 Å². The Morgan fingerprint density at radius 2 is 1.87 bits per heavy atom. The molecule has 4 aromatic heterocycles. The van der Waals surface area contributed by atoms with E-state index in [2.05, 4.69) is 19.9 Å². The summed E-state index contributed by atoms with van der Waals surface area (Å²) in [5.74, 6) is 1.05. The van der Waals surface area contributed by atoms with Gasteiger partial charge in [0.2, 0.25) is 0 Å². The zero-order valence-electron chi connectivity index (χ0n) is 19.8. The molecule has 5 aromatic rings. The minimum atomic E-state index is -4.39. The summed E-state index contributed by atoms with van der Waals surface area (Å²) in [7, 11) is 0. The van der Waals surface area contributed by atoms with Crippen molar-refractivity contribution >= 4 is 51.4 Å². The highest BCUT2D eigenvalue weighted by molar-refractivity contribution is 7.99. The average Bonchev–Trinajstić information content (AvgIpc) is 3.20. The number of pyridine rings is 1. The minimum absolute atomic E-state index is 0.209. The van der Waals surface area contributed by atoms with Crippen molar-refractivity contribution in [1.29, 1.82) is 0 Å². The number of nitrogens with one attached hydrogen (secondary N) is 1. The number of halogens is 4. The molecule has 194 valence electrons. The molecule has 0 spiro atoms. The molecule has 1 N–H and O–H groups in total. The Hall–Kier alpha value is -3.64. The first kappa shape index (κ1) is 24.7. The first-order valence-electron chi connectivity index (χ1n) is 11.7. The molecule has 0 saturated carbocycles. The second-order valence-electron chi connectivity index (χ2n) is 8.66. The Kier molecular flexibility index (Phi) is 6.23. The van der Waals surface area contributed by atoms with E-state index < -0.39 is 11.7 Å². The van der Waals surface area contributed by atoms with Gasteiger partial charge < -0.3 is 14.6 Å². The third-order valence-electron chi connectivity index (χ3n) is 6.12. The van der Waals surface area contributed by atoms with E-state index in [9.17, 15) is 13.2 Å². The Bertz CT molecular complexity index is 1640. The van der Waals surface area contributed by atoms with Gasteiger partial charge in [0.05, 0.1) is 29.1 Å². The highest BCUT2D eigenvalue weighted by atomic mass is 35.5. The summed E-state index contributed by atoms with van der Waals surface area (Å²) in [6.07, 6.45) is 1.01. The van der Waals surface area contributed by atoms with Crippen LogP contribution in [0.3, 0.4) is 0 Å². The zero-order valence-corrected chi connectivity index (χ0v) is 21.4. The number of alkyl halides is 3. The third-order valence-corrected chi connectivity index (χ3v) is 7.36. The smallest absolute Gasteiger partial charge is 0.416 e. The normalized spacial score (nSPS) is 14.3. The second kappa shape index (κ2) is 9.59. The fourth-order valence-corrected chi connectivity index (χ4v) is 5.30. The molecule has 38 heavy (non-hydrogen) atoms. The first-order chi connectivity index (χ1) is 18.3. The summed E-state index contributed by atoms with van der Waals surface area (Å²) in [6.45, 7) is 2.99. The van der Waals surface area contributed by atoms with Gasteiger partial charge in [0.1, 0.15) is 28.8 Å². The number of benzene rings is 1. The van der Waals surface area contributed by atoms with Crippen LogP contribution in [-0.4, -0.2) is 49.1 Å². The van der Waals surface area contributed by atoms with Gasteiger partial charge >= 0.3 is 6.18 Å². The summed E-state index contributed by atoms with van der Waals surface area (Å²) in [5, 5.41) is 1.80. The number of rotatable bonds is 6. The first-order valence-corrected chi connectivity index (χ1v) is 12.9. The van der Waals surface area contributed by atoms with Gasteiger partial charge in [-0.05, 0) is 48.5 Å². The van der Waals surface area contributed by atoms with Gasteiger partial charge in [0.15, 0.2) is 10.8 Å². The highest BCUT2D eigenvalue weighted by Gasteiger charge is 2.34. The fourth-order valence-electron chi connectivity index (χ4n) is 4.19. The van der Waals surface area contributed by atoms with Crippen LogP contribution in [0.15, 0.2) is 59.0 Å². The average molecular weight is 558 g/mol. The summed E-state index contributed by atoms with van der Waals surface area (Å²) in [4.78, 5) is 28.5. The van der Waals surface area contributed by atoms with Crippen LogP contribution in [0.2, 0.25) is 5.02 Å². The number of aromatic amines is 1. The molecular weight excluding hydrogens is 539 g/mol. The number of fused-ring (bicyclic) bond motifs is 2. The molecule has 1 aromatic carbocycles. The molecule has 0 aliphatic carbocycles. The molecule has 8 nitrogen and oxygen atoms in total. The Morgan fingerprint density at radius 3 is 2.61 bits per heavy atom. The van der Waals surface area contributed by atoms with Crippen LogP contribution in [0.25, 0.3) is 22.2 Å². The summed E-state index contributed by atoms with van der Waals surface area (Å²) >= 11 is 8.04. The van der Waals surface area contributed by atoms with E-state index >= 15 is 0 Å². The molecular formula is C25H19ClF3N7OS. The second-order valence-corrected chi connectivity index (χ2v) is 10.1. The maximum absolute atomic E-state index is 12.8. The van der Waals surface area contributed by atoms with Crippen LogP contribution >= 0.6 is 23.4 Å². The Labute approximate surface area is 223 Å². The van der Waals surface area contributed by atoms with E-state index in [1.165, 1.54) is 23.9 Å². The number of aryl methyl sites for hydroxylation is 1. The quantitative estimate of drug-likeness (QED) is 0.256. The molecule has 0 amide bonds. The highest BCUT2D eigenvalue weighted by Crippen LogP contribution is 2.38. The van der Waals surface area contributed by atoms with Gasteiger partial charge in [0.25, 0.3) is 0 Å². The van der Waals surface area contributed by atoms with Crippen LogP contribution in [-0.2, 0) is 12.6 Å². The number of ether oxygens (including phenoxy) is 1. The number of nitrogens with zero attached hydrogens (tertiary/aromatic N) is 6. The molecule has 1 aliphatic heterocycles. The Morgan fingerprint density at radius 1 is 1.11 bits per heavy atom. The van der Waals surface area contributed by atoms with Crippen LogP contribution in [0.4, 0.5) is 19.0 Å². The molecule has 5 heterocycles. The van der Waals surface area contributed by atoms with Gasteiger partial charge in [-0.15, -0.1) is 0 Å². The standard InChI is InChI=1S/C25H19ClF3N7OS/c1-2-17-20(26)19-22(33-17)34-24(38-16-9-18-21(32-10-16)31-8-7-30-18)35-23(19)36-11-15(12-36)37-14-5-3-13(4-6-14)25(27,28)29/h3-10,15H,2,11-12H2,1H3,(H,33,34,35). The van der Waals surface area contributed by atoms with Crippen molar-refractivity contribution in [1.82, 2.24) is 29.9 Å². The predicted molar refractivity (Wildman–Crippen MR) is 138 cm³/mol. The lowest BCUT2D eigenvalue weighted by atomic mass is 10.1. The van der Waals surface area contributed by atoms with Gasteiger partial charge in [-0.1, -0.05) is 18.5 Å². The van der Waals surface area contributed by atoms with E-state index in [0.29, 0.717) is 58.1 Å². The van der Waals surface area contributed by atoms with E-state index in [0.717, 1.165) is 28.1 Å². The number of hydrogen-bond acceptors (Lipinski definition) is 8. The molecule has 0 atom stereocenters. The van der Waals surface area contributed by atoms with Crippen molar-refractivity contribution in [3.05, 3.63) is 65.2 Å². The number of aromatic nitrogens is 6. The van der Waals surface area contributed by atoms with Crippen molar-refractivity contribution in [2.45, 2.75) is 35.7 Å². The number of anilines is 1. The summed E-state index contributed by atoms with van der Waals surface area (Å²) < 4.78 is 44.4. The van der Waals surface area contributed by atoms with Crippen LogP contribution < -0.4 is 9.64 Å². The molecule has 13 heteroatoms. The molecule has 0 unspecified atom stereocenters. The SMILES string of the molecule is CCc1[nH]c2nc(Sc3cnc4nccnc4c3)nc(N3CC(Oc4ccc(C(F)(F)F)cc4)C3)c2c1Cl. The third kappa shape index (κ3) is 4.69. The lowest BCUT2D eigenvalue weighted by molar-refractivity contribution is -0.137. The van der Waals surface area contributed by atoms with Gasteiger partial charge in [-0.25, -0.2) is 19.9 Å². The van der Waals surface area contributed by atoms with Crippen LogP contribution in [0.5, 0.6) is 5.75 Å². The van der Waals surface area contributed by atoms with E-state index in [1.807, 2.05) is 17.9 Å². The summed E-state index contributed by atoms with van der Waals surface area (Å²) in [5.41, 5.74) is 1.99. The molecule has 1 aliphatic rings. The minimum Gasteiger partial charge on any atom is -0.487 e. The topological polar surface area (TPSA) is 92.7 Å². The van der Waals surface area contributed by atoms with Gasteiger partial charge in [-0.2, -0.15) is 13.2 Å². The maximum atomic E-state index is 12.8. The monoisotopic (exact) mass is 557 g/mol. The molecule has 0 bridgehead atoms. The lowest BCUT2D eigenvalue weighted by Gasteiger charge is -2.40. The summed E-state index contributed by atoms with van der Waals surface area (Å²) in [6, 6.07) is 6.58. The lowest BCUT2D eigenvalue weighted by Crippen LogP contribution is -2.54. The number of H-pyrrole nitrogens is 1. The van der Waals surface area contributed by atoms with Crippen molar-refractivity contribution in [2.75, 3.05) is 18.0 Å². The van der Waals surface area contributed by atoms with E-state index in [1.54, 1.807) is 18.6 Å². The van der Waals surface area contributed by atoms with Crippen molar-refractivity contribution < 1.29 is 17.9 Å². The molecule has 0 radical (unpaired) electrons. The molecule has 1 fully saturated rings.